The van der Waals surface area contributed by atoms with Crippen molar-refractivity contribution in [2.75, 3.05) is 32.8 Å². The van der Waals surface area contributed by atoms with E-state index in [4.69, 9.17) is 4.74 Å². The zero-order chi connectivity index (χ0) is 36.9. The van der Waals surface area contributed by atoms with Gasteiger partial charge in [0, 0.05) is 43.2 Å². The monoisotopic (exact) mass is 708 g/mol. The minimum Gasteiger partial charge on any atom is -0.481 e. The van der Waals surface area contributed by atoms with Gasteiger partial charge in [-0.3, -0.25) is 9.59 Å². The number of rotatable bonds is 14. The first-order chi connectivity index (χ1) is 24.3. The van der Waals surface area contributed by atoms with Crippen LogP contribution in [-0.4, -0.2) is 72.0 Å². The van der Waals surface area contributed by atoms with Gasteiger partial charge in [-0.2, -0.15) is 13.2 Å². The smallest absolute Gasteiger partial charge is 0.416 e. The number of aliphatic carboxylic acids is 2. The highest BCUT2D eigenvalue weighted by Gasteiger charge is 2.66. The Morgan fingerprint density at radius 3 is 1.84 bits per heavy atom. The zero-order valence-electron chi connectivity index (χ0n) is 29.8. The second kappa shape index (κ2) is 15.9. The molecule has 2 aliphatic heterocycles. The number of carboxylic acid groups (broad SMARTS) is 2. The van der Waals surface area contributed by atoms with E-state index in [1.54, 1.807) is 20.8 Å². The van der Waals surface area contributed by atoms with Crippen molar-refractivity contribution in [2.24, 2.45) is 10.8 Å². The predicted octanol–water partition coefficient (Wildman–Crippen LogP) is 7.99. The highest BCUT2D eigenvalue weighted by Crippen LogP contribution is 2.60. The van der Waals surface area contributed by atoms with Crippen LogP contribution < -0.4 is 5.32 Å². The minimum atomic E-state index is -4.79. The Labute approximate surface area is 299 Å². The molecule has 3 aromatic rings. The van der Waals surface area contributed by atoms with Crippen molar-refractivity contribution in [3.63, 3.8) is 0 Å². The van der Waals surface area contributed by atoms with Crippen molar-refractivity contribution >= 4 is 11.9 Å². The van der Waals surface area contributed by atoms with Gasteiger partial charge < -0.3 is 25.2 Å². The third-order valence-corrected chi connectivity index (χ3v) is 12.0. The van der Waals surface area contributed by atoms with Crippen molar-refractivity contribution in [3.8, 4) is 0 Å². The molecular formula is C41H51F3N2O5. The second-order valence-electron chi connectivity index (χ2n) is 14.4. The summed E-state index contributed by atoms with van der Waals surface area (Å²) in [6, 6.07) is 24.6. The molecule has 276 valence electrons. The Morgan fingerprint density at radius 1 is 0.804 bits per heavy atom. The Balaban J connectivity index is 1.24. The number of nitrogens with one attached hydrogen (secondary N) is 1. The van der Waals surface area contributed by atoms with Crippen LogP contribution in [0.2, 0.25) is 0 Å². The maximum absolute atomic E-state index is 14.4. The van der Waals surface area contributed by atoms with E-state index in [1.807, 2.05) is 12.1 Å². The molecule has 2 fully saturated rings. The largest absolute Gasteiger partial charge is 0.481 e. The van der Waals surface area contributed by atoms with E-state index >= 15 is 0 Å². The molecule has 2 heterocycles. The molecule has 0 saturated carbocycles. The van der Waals surface area contributed by atoms with Crippen LogP contribution in [0.1, 0.15) is 87.5 Å². The Hall–Kier alpha value is -3.73. The van der Waals surface area contributed by atoms with Gasteiger partial charge in [0.1, 0.15) is 0 Å². The molecule has 3 aromatic carbocycles. The number of nitrogens with zero attached hydrogens (tertiary/aromatic N) is 1. The maximum Gasteiger partial charge on any atom is 0.416 e. The fourth-order valence-electron chi connectivity index (χ4n) is 9.32. The van der Waals surface area contributed by atoms with Crippen molar-refractivity contribution in [1.29, 1.82) is 0 Å². The van der Waals surface area contributed by atoms with Crippen LogP contribution in [0, 0.1) is 10.8 Å². The van der Waals surface area contributed by atoms with Crippen molar-refractivity contribution < 1.29 is 37.7 Å². The van der Waals surface area contributed by atoms with E-state index in [0.29, 0.717) is 6.61 Å². The third kappa shape index (κ3) is 7.32. The number of carboxylic acids is 2. The van der Waals surface area contributed by atoms with E-state index in [-0.39, 0.29) is 36.8 Å². The summed E-state index contributed by atoms with van der Waals surface area (Å²) in [5.74, 6) is -4.09. The van der Waals surface area contributed by atoms with Gasteiger partial charge >= 0.3 is 18.1 Å². The molecule has 2 saturated heterocycles. The summed E-state index contributed by atoms with van der Waals surface area (Å²) in [7, 11) is 0. The van der Waals surface area contributed by atoms with E-state index in [9.17, 15) is 33.0 Å². The van der Waals surface area contributed by atoms with Gasteiger partial charge in [-0.25, -0.2) is 0 Å². The Bertz CT molecular complexity index is 1570. The van der Waals surface area contributed by atoms with E-state index in [2.05, 4.69) is 58.7 Å². The Kier molecular flexibility index (Phi) is 12.0. The molecule has 0 aliphatic carbocycles. The summed E-state index contributed by atoms with van der Waals surface area (Å²) in [4.78, 5) is 28.9. The van der Waals surface area contributed by atoms with Gasteiger partial charge in [-0.1, -0.05) is 85.8 Å². The number of benzene rings is 3. The predicted molar refractivity (Wildman–Crippen MR) is 191 cm³/mol. The number of piperidine rings is 2. The van der Waals surface area contributed by atoms with Gasteiger partial charge in [0.05, 0.1) is 16.4 Å². The SMILES string of the molecule is CCC1(C(=O)O)C(C)NC(C)C(CCCOCCCN2CCC(c3ccccc3)(c3ccccc3)CC2)(C(=O)O)[C@@H]1c1ccccc1C(F)(F)F. The molecule has 7 nitrogen and oxygen atoms in total. The summed E-state index contributed by atoms with van der Waals surface area (Å²) in [5, 5.41) is 24.7. The Morgan fingerprint density at radius 2 is 1.31 bits per heavy atom. The first kappa shape index (κ1) is 38.5. The number of ether oxygens (including phenoxy) is 1. The second-order valence-corrected chi connectivity index (χ2v) is 14.4. The molecule has 0 aromatic heterocycles. The maximum atomic E-state index is 14.4. The number of likely N-dealkylation sites (tertiary alicyclic amines) is 1. The minimum absolute atomic E-state index is 0.0347. The number of hydrogen-bond donors (Lipinski definition) is 3. The van der Waals surface area contributed by atoms with Gasteiger partial charge in [0.2, 0.25) is 0 Å². The van der Waals surface area contributed by atoms with E-state index < -0.39 is 52.5 Å². The summed E-state index contributed by atoms with van der Waals surface area (Å²) < 4.78 is 49.3. The molecule has 10 heteroatoms. The fraction of sp³-hybridized carbons (Fsp3) is 0.512. The first-order valence-electron chi connectivity index (χ1n) is 18.1. The normalized spacial score (nSPS) is 26.8. The molecule has 3 N–H and O–H groups in total. The van der Waals surface area contributed by atoms with Gasteiger partial charge in [0.25, 0.3) is 0 Å². The quantitative estimate of drug-likeness (QED) is 0.146. The van der Waals surface area contributed by atoms with Crippen LogP contribution >= 0.6 is 0 Å². The number of hydrogen-bond acceptors (Lipinski definition) is 5. The lowest BCUT2D eigenvalue weighted by Gasteiger charge is -2.57. The van der Waals surface area contributed by atoms with Crippen LogP contribution in [0.15, 0.2) is 84.9 Å². The molecule has 0 radical (unpaired) electrons. The lowest BCUT2D eigenvalue weighted by Crippen LogP contribution is -2.69. The molecule has 4 unspecified atom stereocenters. The summed E-state index contributed by atoms with van der Waals surface area (Å²) in [6.45, 7) is 8.27. The van der Waals surface area contributed by atoms with Crippen LogP contribution in [0.5, 0.6) is 0 Å². The number of halogens is 3. The molecule has 2 aliphatic rings. The van der Waals surface area contributed by atoms with Crippen molar-refractivity contribution in [1.82, 2.24) is 10.2 Å². The van der Waals surface area contributed by atoms with Crippen LogP contribution in [-0.2, 0) is 25.9 Å². The summed E-state index contributed by atoms with van der Waals surface area (Å²) in [5.41, 5.74) is -2.31. The van der Waals surface area contributed by atoms with Crippen LogP contribution in [0.3, 0.4) is 0 Å². The lowest BCUT2D eigenvalue weighted by atomic mass is 9.49. The molecule has 51 heavy (non-hydrogen) atoms. The zero-order valence-corrected chi connectivity index (χ0v) is 29.8. The number of carbonyl (C=O) groups is 2. The lowest BCUT2D eigenvalue weighted by molar-refractivity contribution is -0.175. The van der Waals surface area contributed by atoms with Gasteiger partial charge in [-0.15, -0.1) is 0 Å². The number of alkyl halides is 3. The van der Waals surface area contributed by atoms with E-state index in [0.717, 1.165) is 45.0 Å². The molecule has 5 rings (SSSR count). The fourth-order valence-corrected chi connectivity index (χ4v) is 9.32. The molecule has 0 bridgehead atoms. The van der Waals surface area contributed by atoms with Crippen molar-refractivity contribution in [2.45, 2.75) is 88.9 Å². The first-order valence-corrected chi connectivity index (χ1v) is 18.1. The van der Waals surface area contributed by atoms with Crippen molar-refractivity contribution in [3.05, 3.63) is 107 Å². The van der Waals surface area contributed by atoms with E-state index in [1.165, 1.54) is 29.3 Å². The average molecular weight is 709 g/mol. The standard InChI is InChI=1S/C41H51F3N2O5/c1-4-39(36(47)48)29(2)45-30(3)40(37(49)50,35(39)33-19-11-12-20-34(33)41(42,43)44)21-13-27-51-28-14-24-46-25-22-38(23-26-46,31-15-7-5-8-16-31)32-17-9-6-10-18-32/h5-12,15-20,29-30,35,45H,4,13-14,21-28H2,1-3H3,(H,47,48)(H,49,50)/t29?,30?,35-,39?,40?/m1/s1. The van der Waals surface area contributed by atoms with Crippen LogP contribution in [0.4, 0.5) is 13.2 Å². The highest BCUT2D eigenvalue weighted by atomic mass is 19.4. The summed E-state index contributed by atoms with van der Waals surface area (Å²) >= 11 is 0. The van der Waals surface area contributed by atoms with Gasteiger partial charge in [0.15, 0.2) is 0 Å². The molecular weight excluding hydrogens is 657 g/mol. The van der Waals surface area contributed by atoms with Crippen LogP contribution in [0.25, 0.3) is 0 Å². The average Bonchev–Trinajstić information content (AvgIpc) is 3.12. The highest BCUT2D eigenvalue weighted by molar-refractivity contribution is 5.84. The van der Waals surface area contributed by atoms with Gasteiger partial charge in [-0.05, 0) is 88.2 Å². The topological polar surface area (TPSA) is 99.1 Å². The molecule has 0 amide bonds. The third-order valence-electron chi connectivity index (χ3n) is 12.0. The molecule has 0 spiro atoms. The summed E-state index contributed by atoms with van der Waals surface area (Å²) in [6.07, 6.45) is -1.88. The molecule has 5 atom stereocenters.